The molecule has 0 bridgehead atoms. The first-order chi connectivity index (χ1) is 23.3. The van der Waals surface area contributed by atoms with E-state index in [4.69, 9.17) is 9.97 Å². The fourth-order valence-corrected chi connectivity index (χ4v) is 6.82. The molecule has 0 unspecified atom stereocenters. The standard InChI is InChI=1S/C42H40N4O2/c1-5-29-15-19-31(20-16-29)39-23-35(33-11-7-9-13-37(33)43-39)41(47)45-25-28(4)46(26-27(45)3)42(48)36-24-40(32-21-17-30(6-2)18-22-32)44-38-14-10-8-12-34(36)38/h7-24,27-28H,5-6,25-26H2,1-4H3/t27-,28+. The SMILES string of the molecule is CCc1ccc(-c2cc(C(=O)N3C[C@H](C)N(C(=O)c4cc(-c5ccc(CC)cc5)nc5ccccc45)C[C@H]3C)c3ccccc3n2)cc1. The number of hydrogen-bond acceptors (Lipinski definition) is 4. The molecular formula is C42H40N4O2. The summed E-state index contributed by atoms with van der Waals surface area (Å²) in [7, 11) is 0. The first kappa shape index (κ1) is 31.3. The number of aromatic nitrogens is 2. The number of fused-ring (bicyclic) bond motifs is 2. The second kappa shape index (κ2) is 13.0. The Morgan fingerprint density at radius 2 is 0.958 bits per heavy atom. The Kier molecular flexibility index (Phi) is 8.49. The van der Waals surface area contributed by atoms with Crippen molar-refractivity contribution in [3.8, 4) is 22.5 Å². The molecule has 6 nitrogen and oxygen atoms in total. The number of para-hydroxylation sites is 2. The first-order valence-electron chi connectivity index (χ1n) is 16.9. The highest BCUT2D eigenvalue weighted by molar-refractivity contribution is 6.09. The minimum Gasteiger partial charge on any atom is -0.332 e. The maximum Gasteiger partial charge on any atom is 0.254 e. The van der Waals surface area contributed by atoms with Crippen molar-refractivity contribution in [1.82, 2.24) is 19.8 Å². The first-order valence-corrected chi connectivity index (χ1v) is 16.9. The minimum atomic E-state index is -0.189. The van der Waals surface area contributed by atoms with Gasteiger partial charge in [0, 0.05) is 47.1 Å². The molecule has 2 atom stereocenters. The van der Waals surface area contributed by atoms with Gasteiger partial charge in [-0.2, -0.15) is 0 Å². The summed E-state index contributed by atoms with van der Waals surface area (Å²) >= 11 is 0. The van der Waals surface area contributed by atoms with Crippen molar-refractivity contribution >= 4 is 33.6 Å². The Bertz CT molecular complexity index is 1980. The summed E-state index contributed by atoms with van der Waals surface area (Å²) in [6.45, 7) is 9.19. The number of aryl methyl sites for hydroxylation is 2. The summed E-state index contributed by atoms with van der Waals surface area (Å²) in [6.07, 6.45) is 1.93. The van der Waals surface area contributed by atoms with Crippen LogP contribution in [0.3, 0.4) is 0 Å². The molecule has 0 saturated carbocycles. The molecule has 0 N–H and O–H groups in total. The van der Waals surface area contributed by atoms with Gasteiger partial charge in [-0.05, 0) is 62.1 Å². The van der Waals surface area contributed by atoms with Crippen molar-refractivity contribution in [3.63, 3.8) is 0 Å². The van der Waals surface area contributed by atoms with Crippen molar-refractivity contribution in [3.05, 3.63) is 131 Å². The van der Waals surface area contributed by atoms with Crippen LogP contribution in [0.5, 0.6) is 0 Å². The van der Waals surface area contributed by atoms with Crippen molar-refractivity contribution in [2.24, 2.45) is 0 Å². The van der Waals surface area contributed by atoms with Crippen molar-refractivity contribution in [2.75, 3.05) is 13.1 Å². The molecule has 48 heavy (non-hydrogen) atoms. The van der Waals surface area contributed by atoms with E-state index >= 15 is 0 Å². The highest BCUT2D eigenvalue weighted by Gasteiger charge is 2.36. The molecule has 2 aromatic heterocycles. The molecule has 4 aromatic carbocycles. The number of piperazine rings is 1. The van der Waals surface area contributed by atoms with E-state index < -0.39 is 0 Å². The molecule has 0 radical (unpaired) electrons. The second-order valence-electron chi connectivity index (χ2n) is 12.9. The third kappa shape index (κ3) is 5.83. The van der Waals surface area contributed by atoms with Crippen molar-refractivity contribution < 1.29 is 9.59 Å². The van der Waals surface area contributed by atoms with Gasteiger partial charge >= 0.3 is 0 Å². The van der Waals surface area contributed by atoms with Gasteiger partial charge in [0.2, 0.25) is 0 Å². The van der Waals surface area contributed by atoms with Crippen molar-refractivity contribution in [1.29, 1.82) is 0 Å². The normalized spacial score (nSPS) is 16.4. The van der Waals surface area contributed by atoms with Crippen LogP contribution >= 0.6 is 0 Å². The molecule has 0 aliphatic carbocycles. The molecule has 6 heteroatoms. The third-order valence-corrected chi connectivity index (χ3v) is 9.72. The summed E-state index contributed by atoms with van der Waals surface area (Å²) in [5.74, 6) is -0.0858. The van der Waals surface area contributed by atoms with Crippen LogP contribution in [-0.2, 0) is 12.8 Å². The molecule has 3 heterocycles. The van der Waals surface area contributed by atoms with Crippen molar-refractivity contribution in [2.45, 2.75) is 52.6 Å². The lowest BCUT2D eigenvalue weighted by atomic mass is 9.99. The number of rotatable bonds is 6. The van der Waals surface area contributed by atoms with Crippen LogP contribution < -0.4 is 0 Å². The topological polar surface area (TPSA) is 66.4 Å². The lowest BCUT2D eigenvalue weighted by Crippen LogP contribution is -2.59. The molecule has 1 saturated heterocycles. The zero-order valence-corrected chi connectivity index (χ0v) is 28.0. The molecule has 6 aromatic rings. The van der Waals surface area contributed by atoms with E-state index in [1.165, 1.54) is 11.1 Å². The molecule has 1 fully saturated rings. The average molecular weight is 633 g/mol. The van der Waals surface area contributed by atoms with Gasteiger partial charge in [-0.25, -0.2) is 9.97 Å². The van der Waals surface area contributed by atoms with Gasteiger partial charge in [0.05, 0.1) is 33.5 Å². The molecule has 7 rings (SSSR count). The monoisotopic (exact) mass is 632 g/mol. The summed E-state index contributed by atoms with van der Waals surface area (Å²) in [6, 6.07) is 35.9. The second-order valence-corrected chi connectivity index (χ2v) is 12.9. The van der Waals surface area contributed by atoms with Crippen LogP contribution in [0.1, 0.15) is 59.5 Å². The van der Waals surface area contributed by atoms with Crippen LogP contribution in [0.25, 0.3) is 44.3 Å². The maximum absolute atomic E-state index is 14.4. The van der Waals surface area contributed by atoms with Crippen LogP contribution in [0.4, 0.5) is 0 Å². The maximum atomic E-state index is 14.4. The molecule has 1 aliphatic rings. The van der Waals surface area contributed by atoms with Crippen LogP contribution in [0, 0.1) is 0 Å². The van der Waals surface area contributed by atoms with E-state index in [0.717, 1.165) is 57.2 Å². The van der Waals surface area contributed by atoms with Gasteiger partial charge in [-0.1, -0.05) is 98.8 Å². The van der Waals surface area contributed by atoms with E-state index in [-0.39, 0.29) is 23.9 Å². The highest BCUT2D eigenvalue weighted by atomic mass is 16.2. The fraction of sp³-hybridized carbons (Fsp3) is 0.238. The van der Waals surface area contributed by atoms with Gasteiger partial charge in [-0.15, -0.1) is 0 Å². The van der Waals surface area contributed by atoms with Gasteiger partial charge in [0.25, 0.3) is 11.8 Å². The quantitative estimate of drug-likeness (QED) is 0.184. The summed E-state index contributed by atoms with van der Waals surface area (Å²) < 4.78 is 0. The Hall–Kier alpha value is -5.36. The number of pyridine rings is 2. The number of benzene rings is 4. The van der Waals surface area contributed by atoms with Gasteiger partial charge in [-0.3, -0.25) is 9.59 Å². The lowest BCUT2D eigenvalue weighted by molar-refractivity contribution is 0.0272. The number of amides is 2. The molecule has 1 aliphatic heterocycles. The Morgan fingerprint density at radius 3 is 1.33 bits per heavy atom. The van der Waals surface area contributed by atoms with E-state index in [0.29, 0.717) is 24.2 Å². The number of carbonyl (C=O) groups is 2. The number of nitrogens with zero attached hydrogens (tertiary/aromatic N) is 4. The van der Waals surface area contributed by atoms with E-state index in [2.05, 4.69) is 62.4 Å². The van der Waals surface area contributed by atoms with Crippen LogP contribution in [0.15, 0.2) is 109 Å². The fourth-order valence-electron chi connectivity index (χ4n) is 6.82. The summed E-state index contributed by atoms with van der Waals surface area (Å²) in [5.41, 5.74) is 8.87. The molecule has 0 spiro atoms. The average Bonchev–Trinajstić information content (AvgIpc) is 3.14. The predicted molar refractivity (Wildman–Crippen MR) is 194 cm³/mol. The zero-order chi connectivity index (χ0) is 33.4. The van der Waals surface area contributed by atoms with Gasteiger partial charge in [0.15, 0.2) is 0 Å². The van der Waals surface area contributed by atoms with E-state index in [1.54, 1.807) is 0 Å². The smallest absolute Gasteiger partial charge is 0.254 e. The molecule has 2 amide bonds. The highest BCUT2D eigenvalue weighted by Crippen LogP contribution is 2.31. The van der Waals surface area contributed by atoms with Gasteiger partial charge in [0.1, 0.15) is 0 Å². The number of hydrogen-bond donors (Lipinski definition) is 0. The van der Waals surface area contributed by atoms with Gasteiger partial charge < -0.3 is 9.80 Å². The molecule has 240 valence electrons. The predicted octanol–water partition coefficient (Wildman–Crippen LogP) is 8.62. The van der Waals surface area contributed by atoms with Crippen LogP contribution in [-0.4, -0.2) is 56.8 Å². The lowest BCUT2D eigenvalue weighted by Gasteiger charge is -2.44. The van der Waals surface area contributed by atoms with E-state index in [1.807, 2.05) is 84.3 Å². The minimum absolute atomic E-state index is 0.0429. The Labute approximate surface area is 282 Å². The summed E-state index contributed by atoms with van der Waals surface area (Å²) in [5, 5.41) is 1.66. The zero-order valence-electron chi connectivity index (χ0n) is 28.0. The van der Waals surface area contributed by atoms with E-state index in [9.17, 15) is 9.59 Å². The largest absolute Gasteiger partial charge is 0.332 e. The Morgan fingerprint density at radius 1 is 0.583 bits per heavy atom. The summed E-state index contributed by atoms with van der Waals surface area (Å²) in [4.78, 5) is 42.5. The molecular weight excluding hydrogens is 592 g/mol. The Balaban J connectivity index is 1.19. The third-order valence-electron chi connectivity index (χ3n) is 9.72. The number of carbonyl (C=O) groups excluding carboxylic acids is 2. The van der Waals surface area contributed by atoms with Crippen LogP contribution in [0.2, 0.25) is 0 Å².